The van der Waals surface area contributed by atoms with Gasteiger partial charge in [-0.2, -0.15) is 0 Å². The molecule has 0 bridgehead atoms. The quantitative estimate of drug-likeness (QED) is 0.583. The lowest BCUT2D eigenvalue weighted by Gasteiger charge is -2.36. The van der Waals surface area contributed by atoms with E-state index in [4.69, 9.17) is 0 Å². The molecule has 2 heteroatoms. The van der Waals surface area contributed by atoms with E-state index in [2.05, 4.69) is 67.7 Å². The Kier molecular flexibility index (Phi) is 4.18. The SMILES string of the molecule is CN1CCCC1(C#Cc1ccccc1)C[Si](C)(C)C. The van der Waals surface area contributed by atoms with E-state index in [-0.39, 0.29) is 5.54 Å². The molecule has 0 aromatic heterocycles. The summed E-state index contributed by atoms with van der Waals surface area (Å²) < 4.78 is 0. The standard InChI is InChI=1S/C17H25NSi/c1-18-14-8-12-17(18,15-19(2,3)4)13-11-16-9-6-5-7-10-16/h5-7,9-10H,8,12,14-15H2,1-4H3. The Bertz CT molecular complexity index is 477. The average molecular weight is 271 g/mol. The minimum Gasteiger partial charge on any atom is -0.291 e. The molecular formula is C17H25NSi. The average Bonchev–Trinajstić information content (AvgIpc) is 2.68. The summed E-state index contributed by atoms with van der Waals surface area (Å²) in [5.41, 5.74) is 1.26. The third-order valence-corrected chi connectivity index (χ3v) is 5.50. The van der Waals surface area contributed by atoms with Gasteiger partial charge in [-0.05, 0) is 44.6 Å². The summed E-state index contributed by atoms with van der Waals surface area (Å²) in [6, 6.07) is 11.6. The minimum absolute atomic E-state index is 0.125. The third kappa shape index (κ3) is 3.71. The minimum atomic E-state index is -1.12. The largest absolute Gasteiger partial charge is 0.291 e. The lowest BCUT2D eigenvalue weighted by atomic mass is 9.99. The second-order valence-electron chi connectivity index (χ2n) is 6.91. The number of benzene rings is 1. The van der Waals surface area contributed by atoms with Gasteiger partial charge < -0.3 is 0 Å². The van der Waals surface area contributed by atoms with Crippen molar-refractivity contribution in [2.75, 3.05) is 13.6 Å². The molecule has 0 N–H and O–H groups in total. The Morgan fingerprint density at radius 3 is 2.42 bits per heavy atom. The zero-order chi connectivity index (χ0) is 13.9. The molecule has 1 heterocycles. The Hall–Kier alpha value is -1.04. The molecule has 1 unspecified atom stereocenters. The Balaban J connectivity index is 2.27. The maximum atomic E-state index is 3.63. The molecule has 19 heavy (non-hydrogen) atoms. The van der Waals surface area contributed by atoms with E-state index in [9.17, 15) is 0 Å². The smallest absolute Gasteiger partial charge is 0.0803 e. The molecule has 1 atom stereocenters. The Labute approximate surface area is 119 Å². The van der Waals surface area contributed by atoms with Crippen LogP contribution in [0.5, 0.6) is 0 Å². The van der Waals surface area contributed by atoms with Crippen LogP contribution in [0.25, 0.3) is 0 Å². The number of nitrogens with zero attached hydrogens (tertiary/aromatic N) is 1. The highest BCUT2D eigenvalue weighted by atomic mass is 28.3. The highest BCUT2D eigenvalue weighted by Gasteiger charge is 2.40. The van der Waals surface area contributed by atoms with Gasteiger partial charge in [-0.15, -0.1) is 0 Å². The van der Waals surface area contributed by atoms with Crippen LogP contribution in [0, 0.1) is 11.8 Å². The molecule has 2 rings (SSSR count). The van der Waals surface area contributed by atoms with Crippen LogP contribution < -0.4 is 0 Å². The summed E-state index contributed by atoms with van der Waals surface area (Å²) >= 11 is 0. The number of hydrogen-bond donors (Lipinski definition) is 0. The molecule has 1 nitrogen and oxygen atoms in total. The first-order valence-corrected chi connectivity index (χ1v) is 10.9. The molecule has 102 valence electrons. The summed E-state index contributed by atoms with van der Waals surface area (Å²) in [5.74, 6) is 7.04. The maximum absolute atomic E-state index is 3.63. The summed E-state index contributed by atoms with van der Waals surface area (Å²) in [5, 5.41) is 0. The molecule has 1 aliphatic heterocycles. The first-order valence-electron chi connectivity index (χ1n) is 7.21. The Morgan fingerprint density at radius 1 is 1.21 bits per heavy atom. The van der Waals surface area contributed by atoms with Crippen molar-refractivity contribution >= 4 is 8.07 Å². The summed E-state index contributed by atoms with van der Waals surface area (Å²) in [6.45, 7) is 8.54. The lowest BCUT2D eigenvalue weighted by molar-refractivity contribution is 0.260. The predicted octanol–water partition coefficient (Wildman–Crippen LogP) is 3.84. The van der Waals surface area contributed by atoms with E-state index in [1.54, 1.807) is 0 Å². The van der Waals surface area contributed by atoms with Crippen LogP contribution in [-0.4, -0.2) is 32.1 Å². The van der Waals surface area contributed by atoms with Crippen molar-refractivity contribution in [1.29, 1.82) is 0 Å². The fourth-order valence-electron chi connectivity index (χ4n) is 3.03. The van der Waals surface area contributed by atoms with Gasteiger partial charge in [0.05, 0.1) is 5.54 Å². The molecule has 0 aliphatic carbocycles. The summed E-state index contributed by atoms with van der Waals surface area (Å²) in [7, 11) is 1.12. The molecule has 1 aliphatic rings. The van der Waals surface area contributed by atoms with Crippen LogP contribution in [0.2, 0.25) is 25.7 Å². The molecule has 1 aromatic carbocycles. The molecule has 0 saturated carbocycles. The maximum Gasteiger partial charge on any atom is 0.0803 e. The first kappa shape index (κ1) is 14.4. The van der Waals surface area contributed by atoms with E-state index >= 15 is 0 Å². The molecule has 0 amide bonds. The normalized spacial score (nSPS) is 24.0. The van der Waals surface area contributed by atoms with E-state index in [1.165, 1.54) is 25.4 Å². The fourth-order valence-corrected chi connectivity index (χ4v) is 5.32. The van der Waals surface area contributed by atoms with Crippen molar-refractivity contribution in [3.63, 3.8) is 0 Å². The predicted molar refractivity (Wildman–Crippen MR) is 86.1 cm³/mol. The van der Waals surface area contributed by atoms with Crippen LogP contribution in [0.1, 0.15) is 18.4 Å². The van der Waals surface area contributed by atoms with E-state index in [0.717, 1.165) is 5.56 Å². The van der Waals surface area contributed by atoms with Crippen LogP contribution in [0.4, 0.5) is 0 Å². The molecule has 1 aromatic rings. The molecule has 1 saturated heterocycles. The van der Waals surface area contributed by atoms with E-state index in [0.29, 0.717) is 0 Å². The van der Waals surface area contributed by atoms with Gasteiger partial charge in [0, 0.05) is 13.6 Å². The lowest BCUT2D eigenvalue weighted by Crippen LogP contribution is -2.45. The second kappa shape index (κ2) is 5.52. The van der Waals surface area contributed by atoms with Crippen molar-refractivity contribution in [1.82, 2.24) is 4.90 Å². The van der Waals surface area contributed by atoms with Crippen LogP contribution in [0.15, 0.2) is 30.3 Å². The number of rotatable bonds is 2. The van der Waals surface area contributed by atoms with Crippen LogP contribution in [0.3, 0.4) is 0 Å². The van der Waals surface area contributed by atoms with Crippen molar-refractivity contribution in [2.24, 2.45) is 0 Å². The van der Waals surface area contributed by atoms with E-state index in [1.807, 2.05) is 6.07 Å². The molecule has 1 fully saturated rings. The van der Waals surface area contributed by atoms with Crippen molar-refractivity contribution in [3.05, 3.63) is 35.9 Å². The third-order valence-electron chi connectivity index (χ3n) is 3.85. The zero-order valence-corrected chi connectivity index (χ0v) is 13.7. The number of likely N-dealkylation sites (tertiary alicyclic amines) is 1. The summed E-state index contributed by atoms with van der Waals surface area (Å²) in [6.07, 6.45) is 2.51. The van der Waals surface area contributed by atoms with Gasteiger partial charge in [0.15, 0.2) is 0 Å². The van der Waals surface area contributed by atoms with Gasteiger partial charge in [-0.25, -0.2) is 0 Å². The van der Waals surface area contributed by atoms with Gasteiger partial charge in [-0.3, -0.25) is 4.90 Å². The van der Waals surface area contributed by atoms with Gasteiger partial charge in [0.2, 0.25) is 0 Å². The first-order chi connectivity index (χ1) is 8.91. The highest BCUT2D eigenvalue weighted by Crippen LogP contribution is 2.35. The van der Waals surface area contributed by atoms with Crippen molar-refractivity contribution in [2.45, 2.75) is 44.1 Å². The second-order valence-corrected chi connectivity index (χ2v) is 12.4. The number of hydrogen-bond acceptors (Lipinski definition) is 1. The highest BCUT2D eigenvalue weighted by molar-refractivity contribution is 6.76. The Morgan fingerprint density at radius 2 is 1.89 bits per heavy atom. The van der Waals surface area contributed by atoms with Gasteiger partial charge >= 0.3 is 0 Å². The van der Waals surface area contributed by atoms with Gasteiger partial charge in [0.1, 0.15) is 0 Å². The topological polar surface area (TPSA) is 3.24 Å². The van der Waals surface area contributed by atoms with Crippen molar-refractivity contribution in [3.8, 4) is 11.8 Å². The molecule has 0 spiro atoms. The van der Waals surface area contributed by atoms with Gasteiger partial charge in [-0.1, -0.05) is 49.7 Å². The fraction of sp³-hybridized carbons (Fsp3) is 0.529. The monoisotopic (exact) mass is 271 g/mol. The summed E-state index contributed by atoms with van der Waals surface area (Å²) in [4.78, 5) is 2.49. The molecular weight excluding hydrogens is 246 g/mol. The van der Waals surface area contributed by atoms with Crippen molar-refractivity contribution < 1.29 is 0 Å². The van der Waals surface area contributed by atoms with Gasteiger partial charge in [0.25, 0.3) is 0 Å². The zero-order valence-electron chi connectivity index (χ0n) is 12.7. The van der Waals surface area contributed by atoms with Crippen LogP contribution >= 0.6 is 0 Å². The van der Waals surface area contributed by atoms with E-state index < -0.39 is 8.07 Å². The molecule has 0 radical (unpaired) electrons. The van der Waals surface area contributed by atoms with Crippen LogP contribution in [-0.2, 0) is 0 Å².